The molecule has 3 rings (SSSR count). The van der Waals surface area contributed by atoms with E-state index in [0.29, 0.717) is 0 Å². The molecule has 1 amide bonds. The van der Waals surface area contributed by atoms with Crippen LogP contribution < -0.4 is 0 Å². The molecule has 0 bridgehead atoms. The summed E-state index contributed by atoms with van der Waals surface area (Å²) in [5, 5.41) is 10.1. The van der Waals surface area contributed by atoms with E-state index in [1.807, 2.05) is 60.7 Å². The Morgan fingerprint density at radius 3 is 2.57 bits per heavy atom. The second-order valence-electron chi connectivity index (χ2n) is 5.16. The average molecular weight is 304 g/mol. The maximum Gasteiger partial charge on any atom is 0.415 e. The van der Waals surface area contributed by atoms with Gasteiger partial charge in [-0.05, 0) is 24.1 Å². The normalized spacial score (nSPS) is 18.9. The van der Waals surface area contributed by atoms with Crippen LogP contribution in [0.2, 0.25) is 0 Å². The minimum absolute atomic E-state index is 0.251. The van der Waals surface area contributed by atoms with E-state index in [0.717, 1.165) is 16.7 Å². The third-order valence-electron chi connectivity index (χ3n) is 3.93. The highest BCUT2D eigenvalue weighted by molar-refractivity contribution is 5.78. The lowest BCUT2D eigenvalue weighted by Crippen LogP contribution is -2.48. The van der Waals surface area contributed by atoms with Crippen molar-refractivity contribution in [3.05, 3.63) is 77.5 Å². The van der Waals surface area contributed by atoms with Crippen LogP contribution in [0.5, 0.6) is 0 Å². The summed E-state index contributed by atoms with van der Waals surface area (Å²) in [7, 11) is 0. The van der Waals surface area contributed by atoms with E-state index in [2.05, 4.69) is 6.07 Å². The molecule has 2 aromatic rings. The van der Waals surface area contributed by atoms with Gasteiger partial charge in [-0.15, -0.1) is 0 Å². The van der Waals surface area contributed by atoms with Crippen LogP contribution in [0.15, 0.2) is 60.8 Å². The number of amides is 1. The molecule has 0 spiro atoms. The molecule has 0 fully saturated rings. The van der Waals surface area contributed by atoms with Gasteiger partial charge in [-0.2, -0.15) is 5.26 Å². The fraction of sp³-hybridized carbons (Fsp3) is 0.158. The van der Waals surface area contributed by atoms with Gasteiger partial charge < -0.3 is 4.74 Å². The lowest BCUT2D eigenvalue weighted by atomic mass is 9.78. The van der Waals surface area contributed by atoms with Gasteiger partial charge in [0.2, 0.25) is 0 Å². The van der Waals surface area contributed by atoms with Gasteiger partial charge in [0.15, 0.2) is 5.54 Å². The first-order chi connectivity index (χ1) is 11.2. The fourth-order valence-corrected chi connectivity index (χ4v) is 2.91. The van der Waals surface area contributed by atoms with Gasteiger partial charge in [0.1, 0.15) is 6.07 Å². The zero-order chi connectivity index (χ0) is 16.3. The standard InChI is InChI=1S/C19H16N2O2/c1-2-23-18(22)21-13-12-15-8-6-7-11-17(15)19(21,14-20)16-9-4-3-5-10-16/h3-13H,2H2,1H3/t19-/m0/s1. The van der Waals surface area contributed by atoms with Crippen molar-refractivity contribution in [3.63, 3.8) is 0 Å². The van der Waals surface area contributed by atoms with Gasteiger partial charge in [-0.1, -0.05) is 54.6 Å². The van der Waals surface area contributed by atoms with Crippen LogP contribution in [0.3, 0.4) is 0 Å². The largest absolute Gasteiger partial charge is 0.449 e. The SMILES string of the molecule is CCOC(=O)N1C=Cc2ccccc2[C@]1(C#N)c1ccccc1. The van der Waals surface area contributed by atoms with Gasteiger partial charge in [-0.3, -0.25) is 4.90 Å². The Bertz CT molecular complexity index is 793. The summed E-state index contributed by atoms with van der Waals surface area (Å²) in [5.41, 5.74) is 1.17. The molecule has 1 aliphatic heterocycles. The smallest absolute Gasteiger partial charge is 0.415 e. The molecule has 1 heterocycles. The zero-order valence-electron chi connectivity index (χ0n) is 12.8. The number of benzene rings is 2. The summed E-state index contributed by atoms with van der Waals surface area (Å²) in [6, 6.07) is 19.3. The van der Waals surface area contributed by atoms with Crippen molar-refractivity contribution in [2.75, 3.05) is 6.61 Å². The Labute approximate surface area is 135 Å². The summed E-state index contributed by atoms with van der Waals surface area (Å²) in [4.78, 5) is 13.8. The summed E-state index contributed by atoms with van der Waals surface area (Å²) >= 11 is 0. The summed E-state index contributed by atoms with van der Waals surface area (Å²) < 4.78 is 5.16. The lowest BCUT2D eigenvalue weighted by molar-refractivity contribution is 0.103. The van der Waals surface area contributed by atoms with Crippen molar-refractivity contribution in [1.82, 2.24) is 4.90 Å². The molecule has 0 unspecified atom stereocenters. The van der Waals surface area contributed by atoms with Gasteiger partial charge in [0.25, 0.3) is 0 Å². The number of rotatable bonds is 2. The van der Waals surface area contributed by atoms with Crippen LogP contribution in [0, 0.1) is 11.3 Å². The minimum atomic E-state index is -1.24. The van der Waals surface area contributed by atoms with Crippen molar-refractivity contribution in [3.8, 4) is 6.07 Å². The van der Waals surface area contributed by atoms with E-state index in [1.165, 1.54) is 4.90 Å². The van der Waals surface area contributed by atoms with Crippen LogP contribution in [-0.2, 0) is 10.3 Å². The van der Waals surface area contributed by atoms with Crippen LogP contribution in [0.4, 0.5) is 4.79 Å². The number of nitrogens with zero attached hydrogens (tertiary/aromatic N) is 2. The Hall–Kier alpha value is -3.06. The number of carbonyl (C=O) groups is 1. The van der Waals surface area contributed by atoms with Crippen LogP contribution in [0.1, 0.15) is 23.6 Å². The van der Waals surface area contributed by atoms with E-state index in [1.54, 1.807) is 13.1 Å². The molecule has 0 radical (unpaired) electrons. The number of fused-ring (bicyclic) bond motifs is 1. The maximum atomic E-state index is 12.5. The van der Waals surface area contributed by atoms with Crippen molar-refractivity contribution in [2.45, 2.75) is 12.5 Å². The molecule has 0 saturated heterocycles. The van der Waals surface area contributed by atoms with Gasteiger partial charge >= 0.3 is 6.09 Å². The van der Waals surface area contributed by atoms with E-state index < -0.39 is 11.6 Å². The highest BCUT2D eigenvalue weighted by atomic mass is 16.6. The third kappa shape index (κ3) is 2.27. The number of hydrogen-bond acceptors (Lipinski definition) is 3. The minimum Gasteiger partial charge on any atom is -0.449 e. The van der Waals surface area contributed by atoms with Gasteiger partial charge in [0, 0.05) is 11.8 Å². The predicted octanol–water partition coefficient (Wildman–Crippen LogP) is 3.90. The maximum absolute atomic E-state index is 12.5. The molecule has 0 aliphatic carbocycles. The molecule has 1 atom stereocenters. The quantitative estimate of drug-likeness (QED) is 0.845. The number of ether oxygens (including phenoxy) is 1. The Morgan fingerprint density at radius 2 is 1.87 bits per heavy atom. The second kappa shape index (κ2) is 5.98. The Balaban J connectivity index is 2.27. The molecule has 4 nitrogen and oxygen atoms in total. The molecule has 2 aromatic carbocycles. The highest BCUT2D eigenvalue weighted by Gasteiger charge is 2.46. The van der Waals surface area contributed by atoms with E-state index >= 15 is 0 Å². The number of nitriles is 1. The topological polar surface area (TPSA) is 53.3 Å². The van der Waals surface area contributed by atoms with Gasteiger partial charge in [-0.25, -0.2) is 4.79 Å². The van der Waals surface area contributed by atoms with E-state index in [4.69, 9.17) is 4.74 Å². The van der Waals surface area contributed by atoms with Crippen molar-refractivity contribution in [2.24, 2.45) is 0 Å². The Morgan fingerprint density at radius 1 is 1.17 bits per heavy atom. The molecular formula is C19H16N2O2. The second-order valence-corrected chi connectivity index (χ2v) is 5.16. The highest BCUT2D eigenvalue weighted by Crippen LogP contribution is 2.41. The molecule has 4 heteroatoms. The van der Waals surface area contributed by atoms with Crippen molar-refractivity contribution < 1.29 is 9.53 Å². The molecule has 0 saturated carbocycles. The molecule has 0 N–H and O–H groups in total. The number of hydrogen-bond donors (Lipinski definition) is 0. The average Bonchev–Trinajstić information content (AvgIpc) is 2.61. The molecule has 1 aliphatic rings. The zero-order valence-corrected chi connectivity index (χ0v) is 12.8. The summed E-state index contributed by atoms with van der Waals surface area (Å²) in [6.45, 7) is 2.00. The summed E-state index contributed by atoms with van der Waals surface area (Å²) in [5.74, 6) is 0. The lowest BCUT2D eigenvalue weighted by Gasteiger charge is -2.39. The van der Waals surface area contributed by atoms with Crippen LogP contribution >= 0.6 is 0 Å². The van der Waals surface area contributed by atoms with Gasteiger partial charge in [0.05, 0.1) is 6.61 Å². The first-order valence-corrected chi connectivity index (χ1v) is 7.44. The van der Waals surface area contributed by atoms with Crippen molar-refractivity contribution in [1.29, 1.82) is 5.26 Å². The van der Waals surface area contributed by atoms with Crippen LogP contribution in [-0.4, -0.2) is 17.6 Å². The molecule has 23 heavy (non-hydrogen) atoms. The van der Waals surface area contributed by atoms with E-state index in [9.17, 15) is 10.1 Å². The molecular weight excluding hydrogens is 288 g/mol. The van der Waals surface area contributed by atoms with Crippen LogP contribution in [0.25, 0.3) is 6.08 Å². The monoisotopic (exact) mass is 304 g/mol. The third-order valence-corrected chi connectivity index (χ3v) is 3.93. The van der Waals surface area contributed by atoms with Crippen molar-refractivity contribution >= 4 is 12.2 Å². The van der Waals surface area contributed by atoms with E-state index in [-0.39, 0.29) is 6.61 Å². The first kappa shape index (κ1) is 14.9. The first-order valence-electron chi connectivity index (χ1n) is 7.44. The molecule has 0 aromatic heterocycles. The summed E-state index contributed by atoms with van der Waals surface area (Å²) in [6.07, 6.45) is 2.91. The Kier molecular flexibility index (Phi) is 3.86. The fourth-order valence-electron chi connectivity index (χ4n) is 2.91. The predicted molar refractivity (Wildman–Crippen MR) is 87.2 cm³/mol. The molecule has 114 valence electrons. The number of carbonyl (C=O) groups excluding carboxylic acids is 1.